The van der Waals surface area contributed by atoms with Crippen LogP contribution in [-0.2, 0) is 0 Å². The van der Waals surface area contributed by atoms with Crippen molar-refractivity contribution < 1.29 is 9.18 Å². The summed E-state index contributed by atoms with van der Waals surface area (Å²) < 4.78 is 14.3. The fourth-order valence-electron chi connectivity index (χ4n) is 2.20. The fraction of sp³-hybridized carbons (Fsp3) is 0.462. The van der Waals surface area contributed by atoms with E-state index < -0.39 is 5.82 Å². The first kappa shape index (κ1) is 13.5. The molecule has 0 spiro atoms. The molecule has 2 unspecified atom stereocenters. The van der Waals surface area contributed by atoms with Crippen LogP contribution in [0.15, 0.2) is 22.7 Å². The van der Waals surface area contributed by atoms with E-state index in [0.29, 0.717) is 10.5 Å². The molecule has 1 heterocycles. The van der Waals surface area contributed by atoms with Crippen LogP contribution in [0, 0.1) is 5.82 Å². The highest BCUT2D eigenvalue weighted by Gasteiger charge is 2.21. The van der Waals surface area contributed by atoms with Crippen molar-refractivity contribution in [2.45, 2.75) is 31.8 Å². The molecule has 1 aromatic rings. The summed E-state index contributed by atoms with van der Waals surface area (Å²) in [4.78, 5) is 12.0. The summed E-state index contributed by atoms with van der Waals surface area (Å²) in [5.41, 5.74) is 0.101. The maximum atomic E-state index is 13.6. The van der Waals surface area contributed by atoms with E-state index >= 15 is 0 Å². The smallest absolute Gasteiger partial charge is 0.254 e. The van der Waals surface area contributed by atoms with Crippen LogP contribution >= 0.6 is 15.9 Å². The van der Waals surface area contributed by atoms with Gasteiger partial charge < -0.3 is 10.6 Å². The summed E-state index contributed by atoms with van der Waals surface area (Å²) in [5, 5.41) is 6.20. The van der Waals surface area contributed by atoms with Gasteiger partial charge in [0.25, 0.3) is 5.91 Å². The fourth-order valence-corrected chi connectivity index (χ4v) is 2.53. The minimum Gasteiger partial charge on any atom is -0.349 e. The van der Waals surface area contributed by atoms with Gasteiger partial charge in [0.15, 0.2) is 0 Å². The van der Waals surface area contributed by atoms with E-state index in [1.807, 2.05) is 0 Å². The Morgan fingerprint density at radius 2 is 2.33 bits per heavy atom. The largest absolute Gasteiger partial charge is 0.349 e. The number of amides is 1. The van der Waals surface area contributed by atoms with Gasteiger partial charge in [0, 0.05) is 16.6 Å². The number of halogens is 2. The predicted octanol–water partition coefficient (Wildman–Crippen LogP) is 2.46. The predicted molar refractivity (Wildman–Crippen MR) is 72.1 cm³/mol. The molecule has 0 saturated carbocycles. The van der Waals surface area contributed by atoms with Crippen LogP contribution in [0.1, 0.15) is 30.1 Å². The summed E-state index contributed by atoms with van der Waals surface area (Å²) in [7, 11) is 0. The number of hydrogen-bond acceptors (Lipinski definition) is 2. The summed E-state index contributed by atoms with van der Waals surface area (Å²) in [6.45, 7) is 2.97. The Hall–Kier alpha value is -0.940. The number of carbonyl (C=O) groups is 1. The summed E-state index contributed by atoms with van der Waals surface area (Å²) in [5.74, 6) is -0.831. The number of benzene rings is 1. The molecule has 1 aliphatic rings. The van der Waals surface area contributed by atoms with Gasteiger partial charge in [-0.25, -0.2) is 4.39 Å². The molecule has 1 saturated heterocycles. The Bertz CT molecular complexity index is 453. The van der Waals surface area contributed by atoms with Crippen molar-refractivity contribution in [2.75, 3.05) is 6.54 Å². The zero-order valence-corrected chi connectivity index (χ0v) is 11.8. The maximum absolute atomic E-state index is 13.6. The topological polar surface area (TPSA) is 41.1 Å². The molecule has 3 nitrogen and oxygen atoms in total. The van der Waals surface area contributed by atoms with Crippen molar-refractivity contribution in [2.24, 2.45) is 0 Å². The molecule has 0 radical (unpaired) electrons. The summed E-state index contributed by atoms with van der Waals surface area (Å²) in [6, 6.07) is 4.98. The van der Waals surface area contributed by atoms with E-state index in [4.69, 9.17) is 0 Å². The lowest BCUT2D eigenvalue weighted by Crippen LogP contribution is -2.46. The van der Waals surface area contributed by atoms with E-state index in [-0.39, 0.29) is 17.5 Å². The van der Waals surface area contributed by atoms with Crippen LogP contribution in [0.2, 0.25) is 0 Å². The second kappa shape index (κ2) is 5.80. The monoisotopic (exact) mass is 314 g/mol. The van der Waals surface area contributed by atoms with Crippen molar-refractivity contribution in [1.82, 2.24) is 10.6 Å². The molecule has 1 fully saturated rings. The molecule has 2 atom stereocenters. The minimum absolute atomic E-state index is 0.101. The van der Waals surface area contributed by atoms with Crippen LogP contribution in [-0.4, -0.2) is 24.5 Å². The van der Waals surface area contributed by atoms with Gasteiger partial charge in [0.1, 0.15) is 5.82 Å². The van der Waals surface area contributed by atoms with Crippen molar-refractivity contribution in [3.8, 4) is 0 Å². The lowest BCUT2D eigenvalue weighted by molar-refractivity contribution is 0.0921. The lowest BCUT2D eigenvalue weighted by Gasteiger charge is -2.28. The van der Waals surface area contributed by atoms with Crippen molar-refractivity contribution >= 4 is 21.8 Å². The van der Waals surface area contributed by atoms with E-state index in [9.17, 15) is 9.18 Å². The third-order valence-electron chi connectivity index (χ3n) is 3.13. The average molecular weight is 315 g/mol. The van der Waals surface area contributed by atoms with Crippen molar-refractivity contribution in [1.29, 1.82) is 0 Å². The summed E-state index contributed by atoms with van der Waals surface area (Å²) >= 11 is 3.17. The first-order valence-corrected chi connectivity index (χ1v) is 6.85. The van der Waals surface area contributed by atoms with Crippen molar-refractivity contribution in [3.63, 3.8) is 0 Å². The Labute approximate surface area is 114 Å². The maximum Gasteiger partial charge on any atom is 0.254 e. The first-order valence-electron chi connectivity index (χ1n) is 6.05. The zero-order chi connectivity index (χ0) is 13.1. The molecular formula is C13H16BrFN2O. The van der Waals surface area contributed by atoms with Crippen LogP contribution in [0.4, 0.5) is 4.39 Å². The SMILES string of the molecule is CC1CC(NC(=O)c2ccc(Br)cc2F)CCN1. The molecule has 2 rings (SSSR count). The van der Waals surface area contributed by atoms with Crippen LogP contribution in [0.3, 0.4) is 0 Å². The Kier molecular flexibility index (Phi) is 4.35. The molecule has 1 aromatic carbocycles. The standard InChI is InChI=1S/C13H16BrFN2O/c1-8-6-10(4-5-16-8)17-13(18)11-3-2-9(14)7-12(11)15/h2-3,7-8,10,16H,4-6H2,1H3,(H,17,18). The molecule has 18 heavy (non-hydrogen) atoms. The third kappa shape index (κ3) is 3.29. The Balaban J connectivity index is 2.03. The molecular weight excluding hydrogens is 299 g/mol. The van der Waals surface area contributed by atoms with Crippen LogP contribution in [0.25, 0.3) is 0 Å². The zero-order valence-electron chi connectivity index (χ0n) is 10.2. The van der Waals surface area contributed by atoms with Gasteiger partial charge in [-0.05, 0) is 44.5 Å². The highest BCUT2D eigenvalue weighted by atomic mass is 79.9. The van der Waals surface area contributed by atoms with E-state index in [0.717, 1.165) is 19.4 Å². The highest BCUT2D eigenvalue weighted by Crippen LogP contribution is 2.16. The van der Waals surface area contributed by atoms with Crippen molar-refractivity contribution in [3.05, 3.63) is 34.1 Å². The summed E-state index contributed by atoms with van der Waals surface area (Å²) in [6.07, 6.45) is 1.76. The van der Waals surface area contributed by atoms with Gasteiger partial charge >= 0.3 is 0 Å². The molecule has 2 N–H and O–H groups in total. The van der Waals surface area contributed by atoms with Crippen LogP contribution in [0.5, 0.6) is 0 Å². The lowest BCUT2D eigenvalue weighted by atomic mass is 10.0. The number of rotatable bonds is 2. The second-order valence-corrected chi connectivity index (χ2v) is 5.59. The highest BCUT2D eigenvalue weighted by molar-refractivity contribution is 9.10. The molecule has 1 amide bonds. The van der Waals surface area contributed by atoms with Gasteiger partial charge in [0.05, 0.1) is 5.56 Å². The quantitative estimate of drug-likeness (QED) is 0.880. The average Bonchev–Trinajstić information content (AvgIpc) is 2.28. The molecule has 98 valence electrons. The Morgan fingerprint density at radius 1 is 1.56 bits per heavy atom. The number of nitrogens with one attached hydrogen (secondary N) is 2. The van der Waals surface area contributed by atoms with Gasteiger partial charge in [0.2, 0.25) is 0 Å². The second-order valence-electron chi connectivity index (χ2n) is 4.67. The first-order chi connectivity index (χ1) is 8.56. The number of piperidine rings is 1. The molecule has 0 bridgehead atoms. The molecule has 1 aliphatic heterocycles. The van der Waals surface area contributed by atoms with Gasteiger partial charge in [-0.3, -0.25) is 4.79 Å². The van der Waals surface area contributed by atoms with Gasteiger partial charge in [-0.15, -0.1) is 0 Å². The van der Waals surface area contributed by atoms with E-state index in [1.54, 1.807) is 6.07 Å². The molecule has 5 heteroatoms. The third-order valence-corrected chi connectivity index (χ3v) is 3.63. The Morgan fingerprint density at radius 3 is 3.00 bits per heavy atom. The normalized spacial score (nSPS) is 23.7. The number of hydrogen-bond donors (Lipinski definition) is 2. The number of carbonyl (C=O) groups excluding carboxylic acids is 1. The molecule has 0 aromatic heterocycles. The van der Waals surface area contributed by atoms with Gasteiger partial charge in [-0.1, -0.05) is 15.9 Å². The minimum atomic E-state index is -0.496. The van der Waals surface area contributed by atoms with Gasteiger partial charge in [-0.2, -0.15) is 0 Å². The molecule has 0 aliphatic carbocycles. The van der Waals surface area contributed by atoms with E-state index in [1.165, 1.54) is 12.1 Å². The van der Waals surface area contributed by atoms with Crippen LogP contribution < -0.4 is 10.6 Å². The van der Waals surface area contributed by atoms with E-state index in [2.05, 4.69) is 33.5 Å².